The van der Waals surface area contributed by atoms with Gasteiger partial charge in [-0.3, -0.25) is 15.4 Å². The van der Waals surface area contributed by atoms with Crippen molar-refractivity contribution in [2.24, 2.45) is 5.16 Å². The van der Waals surface area contributed by atoms with Crippen LogP contribution < -0.4 is 26.0 Å². The van der Waals surface area contributed by atoms with Gasteiger partial charge < -0.3 is 20.6 Å². The summed E-state index contributed by atoms with van der Waals surface area (Å²) in [7, 11) is -4.25. The molecule has 0 aliphatic carbocycles. The molecule has 1 aromatic carbocycles. The van der Waals surface area contributed by atoms with Crippen molar-refractivity contribution in [1.29, 1.82) is 0 Å². The fraction of sp³-hybridized carbons (Fsp3) is 0.476. The first kappa shape index (κ1) is 25.6. The molecule has 0 radical (unpaired) electrons. The number of amides is 1. The van der Waals surface area contributed by atoms with Crippen molar-refractivity contribution in [3.8, 4) is 0 Å². The van der Waals surface area contributed by atoms with Crippen molar-refractivity contribution in [3.63, 3.8) is 0 Å². The summed E-state index contributed by atoms with van der Waals surface area (Å²) in [6.07, 6.45) is 5.82. The first-order chi connectivity index (χ1) is 16.3. The highest BCUT2D eigenvalue weighted by Gasteiger charge is 2.45. The number of carbonyl (C=O) groups excluding carboxylic acids is 1. The van der Waals surface area contributed by atoms with Crippen molar-refractivity contribution in [1.82, 2.24) is 26.0 Å². The van der Waals surface area contributed by atoms with Crippen molar-refractivity contribution in [2.75, 3.05) is 13.1 Å². The lowest BCUT2D eigenvalue weighted by molar-refractivity contribution is -0.151. The predicted molar refractivity (Wildman–Crippen MR) is 124 cm³/mol. The summed E-state index contributed by atoms with van der Waals surface area (Å²) in [5.74, 6) is -2.28. The molecule has 2 aliphatic rings. The van der Waals surface area contributed by atoms with Gasteiger partial charge in [-0.15, -0.1) is 0 Å². The average Bonchev–Trinajstić information content (AvgIpc) is 3.37. The van der Waals surface area contributed by atoms with Crippen LogP contribution in [-0.2, 0) is 24.4 Å². The van der Waals surface area contributed by atoms with E-state index in [0.29, 0.717) is 19.4 Å². The normalized spacial score (nSPS) is 21.3. The zero-order valence-corrected chi connectivity index (χ0v) is 19.4. The fourth-order valence-corrected chi connectivity index (χ4v) is 4.84. The molecule has 13 heteroatoms. The Morgan fingerprint density at radius 1 is 1.21 bits per heavy atom. The molecule has 0 saturated carbocycles. The van der Waals surface area contributed by atoms with Crippen LogP contribution in [0.15, 0.2) is 52.7 Å². The van der Waals surface area contributed by atoms with Crippen molar-refractivity contribution in [2.45, 2.75) is 55.1 Å². The summed E-state index contributed by atoms with van der Waals surface area (Å²) in [5, 5.41) is 25.5. The number of benzene rings is 1. The number of hydrogen-bond acceptors (Lipinski definition) is 9. The van der Waals surface area contributed by atoms with Gasteiger partial charge in [-0.1, -0.05) is 35.9 Å². The number of carboxylic acid groups (broad SMARTS) is 1. The maximum Gasteiger partial charge on any atom is 0.345 e. The van der Waals surface area contributed by atoms with E-state index in [4.69, 9.17) is 4.84 Å². The number of carbonyl (C=O) groups is 2. The standard InChI is InChI=1S/C21H30N6O6S/c28-18(17-10-15-25-33-17)26-21(19(29)30,27-34(31,32)16-8-3-1-4-9-16)11-5-2-6-12-22-20-23-13-7-14-24-20/h1,3-4,7-9,13,15,17,20,22-24,27H,2,5-6,10-12,14H2,(H,26,28)(H,29,30). The highest BCUT2D eigenvalue weighted by atomic mass is 32.2. The molecular weight excluding hydrogens is 464 g/mol. The molecule has 0 bridgehead atoms. The number of aliphatic carboxylic acids is 1. The fourth-order valence-electron chi connectivity index (χ4n) is 3.51. The molecule has 0 saturated heterocycles. The third-order valence-corrected chi connectivity index (χ3v) is 6.85. The summed E-state index contributed by atoms with van der Waals surface area (Å²) in [6.45, 7) is 1.41. The van der Waals surface area contributed by atoms with E-state index in [-0.39, 0.29) is 24.0 Å². The molecule has 3 rings (SSSR count). The lowest BCUT2D eigenvalue weighted by atomic mass is 10.0. The molecule has 1 aromatic rings. The molecule has 3 atom stereocenters. The number of rotatable bonds is 13. The van der Waals surface area contributed by atoms with Gasteiger partial charge in [0, 0.05) is 19.2 Å². The van der Waals surface area contributed by atoms with E-state index in [1.54, 1.807) is 6.07 Å². The predicted octanol–water partition coefficient (Wildman–Crippen LogP) is -0.223. The van der Waals surface area contributed by atoms with Gasteiger partial charge in [-0.05, 0) is 44.1 Å². The van der Waals surface area contributed by atoms with Gasteiger partial charge in [-0.2, -0.15) is 4.72 Å². The van der Waals surface area contributed by atoms with Crippen LogP contribution in [0, 0.1) is 0 Å². The van der Waals surface area contributed by atoms with Gasteiger partial charge in [-0.25, -0.2) is 13.2 Å². The molecule has 0 spiro atoms. The smallest absolute Gasteiger partial charge is 0.345 e. The SMILES string of the molecule is O=C(NC(CCCCCNC1NC=CCN1)(NS(=O)(=O)c1ccccc1)C(=O)O)C1CC=NO1. The Morgan fingerprint density at radius 2 is 2.00 bits per heavy atom. The molecule has 186 valence electrons. The molecule has 0 fully saturated rings. The first-order valence-corrected chi connectivity index (χ1v) is 12.5. The summed E-state index contributed by atoms with van der Waals surface area (Å²) in [4.78, 5) is 29.8. The Labute approximate surface area is 198 Å². The van der Waals surface area contributed by atoms with Crippen molar-refractivity contribution in [3.05, 3.63) is 42.6 Å². The third-order valence-electron chi connectivity index (χ3n) is 5.34. The molecular formula is C21H30N6O6S. The number of unbranched alkanes of at least 4 members (excludes halogenated alkanes) is 2. The summed E-state index contributed by atoms with van der Waals surface area (Å²) in [5.41, 5.74) is -2.25. The van der Waals surface area contributed by atoms with E-state index in [2.05, 4.69) is 31.1 Å². The minimum Gasteiger partial charge on any atom is -0.478 e. The second-order valence-corrected chi connectivity index (χ2v) is 9.59. The number of sulfonamides is 1. The van der Waals surface area contributed by atoms with Crippen LogP contribution in [0.5, 0.6) is 0 Å². The van der Waals surface area contributed by atoms with E-state index in [0.717, 1.165) is 13.0 Å². The van der Waals surface area contributed by atoms with Crippen LogP contribution >= 0.6 is 0 Å². The van der Waals surface area contributed by atoms with Crippen LogP contribution in [0.3, 0.4) is 0 Å². The Morgan fingerprint density at radius 3 is 2.65 bits per heavy atom. The largest absolute Gasteiger partial charge is 0.478 e. The van der Waals surface area contributed by atoms with Crippen LogP contribution in [0.2, 0.25) is 0 Å². The summed E-state index contributed by atoms with van der Waals surface area (Å²) < 4.78 is 28.1. The lowest BCUT2D eigenvalue weighted by Crippen LogP contribution is -2.66. The van der Waals surface area contributed by atoms with Gasteiger partial charge >= 0.3 is 5.97 Å². The van der Waals surface area contributed by atoms with Crippen molar-refractivity contribution >= 4 is 28.1 Å². The second kappa shape index (κ2) is 11.9. The Hall–Kier alpha value is -3.00. The molecule has 6 N–H and O–H groups in total. The van der Waals surface area contributed by atoms with Crippen LogP contribution in [0.25, 0.3) is 0 Å². The van der Waals surface area contributed by atoms with Gasteiger partial charge in [0.2, 0.25) is 21.8 Å². The highest BCUT2D eigenvalue weighted by molar-refractivity contribution is 7.89. The van der Waals surface area contributed by atoms with E-state index >= 15 is 0 Å². The maximum atomic E-state index is 13.0. The van der Waals surface area contributed by atoms with E-state index in [9.17, 15) is 23.1 Å². The molecule has 0 aromatic heterocycles. The number of nitrogens with one attached hydrogen (secondary N) is 5. The Kier molecular flexibility index (Phi) is 8.98. The van der Waals surface area contributed by atoms with Gasteiger partial charge in [0.15, 0.2) is 0 Å². The monoisotopic (exact) mass is 494 g/mol. The lowest BCUT2D eigenvalue weighted by Gasteiger charge is -2.32. The van der Waals surface area contributed by atoms with Crippen LogP contribution in [0.4, 0.5) is 0 Å². The highest BCUT2D eigenvalue weighted by Crippen LogP contribution is 2.19. The van der Waals surface area contributed by atoms with Crippen molar-refractivity contribution < 1.29 is 28.0 Å². The topological polar surface area (TPSA) is 170 Å². The van der Waals surface area contributed by atoms with Crippen LogP contribution in [0.1, 0.15) is 32.1 Å². The van der Waals surface area contributed by atoms with Gasteiger partial charge in [0.25, 0.3) is 5.91 Å². The van der Waals surface area contributed by atoms with E-state index in [1.807, 2.05) is 12.3 Å². The molecule has 2 aliphatic heterocycles. The van der Waals surface area contributed by atoms with Crippen LogP contribution in [-0.4, -0.2) is 62.8 Å². The summed E-state index contributed by atoms with van der Waals surface area (Å²) in [6, 6.07) is 7.39. The molecule has 12 nitrogen and oxygen atoms in total. The zero-order valence-electron chi connectivity index (χ0n) is 18.6. The first-order valence-electron chi connectivity index (χ1n) is 11.0. The molecule has 2 heterocycles. The average molecular weight is 495 g/mol. The minimum absolute atomic E-state index is 0.0475. The Bertz CT molecular complexity index is 994. The second-order valence-electron chi connectivity index (χ2n) is 7.91. The van der Waals surface area contributed by atoms with E-state index in [1.165, 1.54) is 30.5 Å². The van der Waals surface area contributed by atoms with Gasteiger partial charge in [0.05, 0.1) is 4.90 Å². The number of carboxylic acids is 1. The molecule has 1 amide bonds. The quantitative estimate of drug-likeness (QED) is 0.160. The zero-order chi connectivity index (χ0) is 24.4. The maximum absolute atomic E-state index is 13.0. The molecule has 3 unspecified atom stereocenters. The van der Waals surface area contributed by atoms with E-state index < -0.39 is 33.7 Å². The molecule has 34 heavy (non-hydrogen) atoms. The number of hydrogen-bond donors (Lipinski definition) is 6. The Balaban J connectivity index is 1.65. The number of nitrogens with zero attached hydrogens (tertiary/aromatic N) is 1. The minimum atomic E-state index is -4.25. The summed E-state index contributed by atoms with van der Waals surface area (Å²) >= 11 is 0. The third kappa shape index (κ3) is 7.00. The van der Waals surface area contributed by atoms with Gasteiger partial charge in [0.1, 0.15) is 6.29 Å². The number of oxime groups is 1.